The zero-order valence-corrected chi connectivity index (χ0v) is 17.5. The maximum Gasteiger partial charge on any atom is 0.270 e. The molecule has 9 heteroatoms. The van der Waals surface area contributed by atoms with Crippen LogP contribution < -0.4 is 19.7 Å². The molecule has 0 bridgehead atoms. The minimum atomic E-state index is -0.286. The number of nitrogens with one attached hydrogen (secondary N) is 1. The van der Waals surface area contributed by atoms with Crippen LogP contribution in [0.25, 0.3) is 0 Å². The highest BCUT2D eigenvalue weighted by molar-refractivity contribution is 6.07. The van der Waals surface area contributed by atoms with Gasteiger partial charge in [0.05, 0.1) is 37.8 Å². The van der Waals surface area contributed by atoms with Crippen molar-refractivity contribution in [3.8, 4) is 11.5 Å². The van der Waals surface area contributed by atoms with E-state index < -0.39 is 0 Å². The lowest BCUT2D eigenvalue weighted by Gasteiger charge is -2.32. The van der Waals surface area contributed by atoms with Gasteiger partial charge in [-0.25, -0.2) is 0 Å². The van der Waals surface area contributed by atoms with Gasteiger partial charge in [0.1, 0.15) is 5.69 Å². The molecule has 0 saturated heterocycles. The molecule has 1 atom stereocenters. The number of hydrogen-bond donors (Lipinski definition) is 1. The minimum absolute atomic E-state index is 0.176. The Morgan fingerprint density at radius 3 is 2.65 bits per heavy atom. The van der Waals surface area contributed by atoms with Gasteiger partial charge < -0.3 is 19.7 Å². The van der Waals surface area contributed by atoms with Gasteiger partial charge in [-0.05, 0) is 36.8 Å². The Bertz CT molecular complexity index is 1110. The van der Waals surface area contributed by atoms with Crippen LogP contribution in [-0.4, -0.2) is 47.3 Å². The lowest BCUT2D eigenvalue weighted by Crippen LogP contribution is -2.41. The summed E-state index contributed by atoms with van der Waals surface area (Å²) >= 11 is 0. The first-order valence-electron chi connectivity index (χ1n) is 9.81. The number of rotatable bonds is 5. The van der Waals surface area contributed by atoms with E-state index in [2.05, 4.69) is 15.4 Å². The van der Waals surface area contributed by atoms with E-state index in [4.69, 9.17) is 9.47 Å². The molecular weight excluding hydrogens is 398 g/mol. The minimum Gasteiger partial charge on any atom is -0.493 e. The lowest BCUT2D eigenvalue weighted by molar-refractivity contribution is 0.0926. The molecule has 0 saturated carbocycles. The third-order valence-electron chi connectivity index (χ3n) is 5.31. The average Bonchev–Trinajstić information content (AvgIpc) is 3.21. The van der Waals surface area contributed by atoms with Crippen LogP contribution in [0.3, 0.4) is 0 Å². The van der Waals surface area contributed by atoms with Gasteiger partial charge in [0, 0.05) is 25.4 Å². The predicted molar refractivity (Wildman–Crippen MR) is 113 cm³/mol. The summed E-state index contributed by atoms with van der Waals surface area (Å²) < 4.78 is 12.3. The van der Waals surface area contributed by atoms with Gasteiger partial charge in [-0.2, -0.15) is 5.10 Å². The highest BCUT2D eigenvalue weighted by Gasteiger charge is 2.33. The van der Waals surface area contributed by atoms with Crippen LogP contribution in [0.2, 0.25) is 0 Å². The molecule has 4 rings (SSSR count). The molecule has 1 unspecified atom stereocenters. The second-order valence-corrected chi connectivity index (χ2v) is 7.09. The fourth-order valence-corrected chi connectivity index (χ4v) is 3.77. The number of benzene rings is 1. The number of amides is 2. The van der Waals surface area contributed by atoms with Gasteiger partial charge in [-0.3, -0.25) is 19.3 Å². The highest BCUT2D eigenvalue weighted by atomic mass is 16.5. The van der Waals surface area contributed by atoms with E-state index >= 15 is 0 Å². The molecular formula is C22H23N5O4. The van der Waals surface area contributed by atoms with Crippen molar-refractivity contribution >= 4 is 17.5 Å². The predicted octanol–water partition coefficient (Wildman–Crippen LogP) is 2.35. The Labute approximate surface area is 179 Å². The summed E-state index contributed by atoms with van der Waals surface area (Å²) in [7, 11) is 4.87. The molecule has 2 aromatic heterocycles. The summed E-state index contributed by atoms with van der Waals surface area (Å²) in [5, 5.41) is 7.34. The summed E-state index contributed by atoms with van der Waals surface area (Å²) in [6.45, 7) is 0.430. The number of fused-ring (bicyclic) bond motifs is 1. The van der Waals surface area contributed by atoms with Crippen molar-refractivity contribution in [1.82, 2.24) is 20.1 Å². The molecule has 160 valence electrons. The molecule has 9 nitrogen and oxygen atoms in total. The maximum absolute atomic E-state index is 13.3. The van der Waals surface area contributed by atoms with E-state index in [1.807, 2.05) is 0 Å². The van der Waals surface area contributed by atoms with Crippen molar-refractivity contribution in [2.75, 3.05) is 25.7 Å². The number of aromatic nitrogens is 3. The summed E-state index contributed by atoms with van der Waals surface area (Å²) in [4.78, 5) is 31.7. The first kappa shape index (κ1) is 20.4. The number of anilines is 1. The molecule has 2 amide bonds. The van der Waals surface area contributed by atoms with Crippen LogP contribution in [-0.2, 0) is 7.05 Å². The van der Waals surface area contributed by atoms with Gasteiger partial charge in [-0.1, -0.05) is 6.07 Å². The Morgan fingerprint density at radius 2 is 1.94 bits per heavy atom. The van der Waals surface area contributed by atoms with Crippen LogP contribution in [0, 0.1) is 0 Å². The summed E-state index contributed by atoms with van der Waals surface area (Å²) in [5.41, 5.74) is 2.25. The number of aryl methyl sites for hydroxylation is 1. The van der Waals surface area contributed by atoms with E-state index in [9.17, 15) is 9.59 Å². The van der Waals surface area contributed by atoms with Crippen molar-refractivity contribution in [1.29, 1.82) is 0 Å². The third kappa shape index (κ3) is 3.81. The molecule has 0 radical (unpaired) electrons. The van der Waals surface area contributed by atoms with Crippen LogP contribution >= 0.6 is 0 Å². The van der Waals surface area contributed by atoms with Crippen LogP contribution in [0.5, 0.6) is 11.5 Å². The number of ether oxygens (including phenoxy) is 2. The van der Waals surface area contributed by atoms with Gasteiger partial charge in [0.25, 0.3) is 11.8 Å². The van der Waals surface area contributed by atoms with E-state index in [0.717, 1.165) is 5.69 Å². The molecule has 0 spiro atoms. The van der Waals surface area contributed by atoms with E-state index in [0.29, 0.717) is 41.4 Å². The number of carbonyl (C=O) groups excluding carboxylic acids is 2. The second kappa shape index (κ2) is 8.47. The van der Waals surface area contributed by atoms with Crippen molar-refractivity contribution in [2.45, 2.75) is 12.5 Å². The molecule has 1 aromatic carbocycles. The largest absolute Gasteiger partial charge is 0.493 e. The van der Waals surface area contributed by atoms with E-state index in [1.54, 1.807) is 72.5 Å². The van der Waals surface area contributed by atoms with Gasteiger partial charge >= 0.3 is 0 Å². The standard InChI is InChI=1S/C22H23N5O4/c1-26-20-15(25-21(28)16-6-4-5-10-23-16)9-11-27(17(20)13-24-26)22(29)14-7-8-18(30-2)19(12-14)31-3/h4-8,10,12-13,15H,9,11H2,1-3H3,(H,25,28). The fraction of sp³-hybridized carbons (Fsp3) is 0.273. The van der Waals surface area contributed by atoms with Crippen LogP contribution in [0.15, 0.2) is 48.8 Å². The Morgan fingerprint density at radius 1 is 1.13 bits per heavy atom. The normalized spacial score (nSPS) is 15.2. The molecule has 3 aromatic rings. The molecule has 0 aliphatic carbocycles. The van der Waals surface area contributed by atoms with Crippen LogP contribution in [0.1, 0.15) is 39.0 Å². The molecule has 31 heavy (non-hydrogen) atoms. The summed E-state index contributed by atoms with van der Waals surface area (Å²) in [5.74, 6) is 0.594. The average molecular weight is 421 g/mol. The van der Waals surface area contributed by atoms with Gasteiger partial charge in [0.15, 0.2) is 11.5 Å². The Balaban J connectivity index is 1.60. The summed E-state index contributed by atoms with van der Waals surface area (Å²) in [6.07, 6.45) is 3.77. The highest BCUT2D eigenvalue weighted by Crippen LogP contribution is 2.35. The SMILES string of the molecule is COc1ccc(C(=O)N2CCC(NC(=O)c3ccccn3)c3c2cnn3C)cc1OC. The van der Waals surface area contributed by atoms with Gasteiger partial charge in [-0.15, -0.1) is 0 Å². The topological polar surface area (TPSA) is 98.6 Å². The Hall–Kier alpha value is -3.88. The van der Waals surface area contributed by atoms with Crippen molar-refractivity contribution < 1.29 is 19.1 Å². The zero-order chi connectivity index (χ0) is 22.0. The van der Waals surface area contributed by atoms with Crippen molar-refractivity contribution in [3.05, 3.63) is 65.7 Å². The Kier molecular flexibility index (Phi) is 5.57. The molecule has 3 heterocycles. The molecule has 1 N–H and O–H groups in total. The van der Waals surface area contributed by atoms with Crippen LogP contribution in [0.4, 0.5) is 5.69 Å². The van der Waals surface area contributed by atoms with E-state index in [-0.39, 0.29) is 17.9 Å². The first-order valence-corrected chi connectivity index (χ1v) is 9.81. The number of nitrogens with zero attached hydrogens (tertiary/aromatic N) is 4. The number of hydrogen-bond acceptors (Lipinski definition) is 6. The smallest absolute Gasteiger partial charge is 0.270 e. The van der Waals surface area contributed by atoms with Crippen molar-refractivity contribution in [2.24, 2.45) is 7.05 Å². The molecule has 1 aliphatic rings. The molecule has 1 aliphatic heterocycles. The first-order chi connectivity index (χ1) is 15.0. The number of methoxy groups -OCH3 is 2. The van der Waals surface area contributed by atoms with E-state index in [1.165, 1.54) is 7.11 Å². The number of carbonyl (C=O) groups is 2. The number of pyridine rings is 1. The summed E-state index contributed by atoms with van der Waals surface area (Å²) in [6, 6.07) is 9.97. The quantitative estimate of drug-likeness (QED) is 0.679. The lowest BCUT2D eigenvalue weighted by atomic mass is 10.0. The maximum atomic E-state index is 13.3. The van der Waals surface area contributed by atoms with Gasteiger partial charge in [0.2, 0.25) is 0 Å². The van der Waals surface area contributed by atoms with Crippen molar-refractivity contribution in [3.63, 3.8) is 0 Å². The monoisotopic (exact) mass is 421 g/mol. The third-order valence-corrected chi connectivity index (χ3v) is 5.31. The second-order valence-electron chi connectivity index (χ2n) is 7.09. The zero-order valence-electron chi connectivity index (χ0n) is 17.5. The molecule has 0 fully saturated rings. The fourth-order valence-electron chi connectivity index (χ4n) is 3.77.